The Morgan fingerprint density at radius 2 is 0.817 bits per heavy atom. The Morgan fingerprint density at radius 1 is 0.350 bits per heavy atom. The largest absolute Gasteiger partial charge is 0.416 e. The molecule has 8 aromatic carbocycles. The summed E-state index contributed by atoms with van der Waals surface area (Å²) in [5.74, 6) is 1.44. The van der Waals surface area contributed by atoms with Crippen molar-refractivity contribution >= 4 is 43.6 Å². The van der Waals surface area contributed by atoms with E-state index in [4.69, 9.17) is 15.0 Å². The van der Waals surface area contributed by atoms with Crippen LogP contribution in [0.15, 0.2) is 194 Å². The normalized spacial score (nSPS) is 11.9. The van der Waals surface area contributed by atoms with Crippen LogP contribution in [0.3, 0.4) is 0 Å². The molecule has 11 aromatic rings. The molecular weight excluding hydrogens is 752 g/mol. The zero-order chi connectivity index (χ0) is 40.4. The summed E-state index contributed by atoms with van der Waals surface area (Å²) < 4.78 is 46.7. The molecule has 0 radical (unpaired) electrons. The fraction of sp³-hybridized carbons (Fsp3) is 0.0192. The number of hydrogen-bond donors (Lipinski definition) is 0. The predicted octanol–water partition coefficient (Wildman–Crippen LogP) is 13.8. The van der Waals surface area contributed by atoms with Crippen molar-refractivity contribution < 1.29 is 13.2 Å². The highest BCUT2D eigenvalue weighted by Crippen LogP contribution is 2.41. The summed E-state index contributed by atoms with van der Waals surface area (Å²) in [5.41, 5.74) is 8.95. The van der Waals surface area contributed by atoms with Gasteiger partial charge in [0.05, 0.1) is 33.3 Å². The lowest BCUT2D eigenvalue weighted by Crippen LogP contribution is -2.05. The van der Waals surface area contributed by atoms with E-state index in [1.807, 2.05) is 114 Å². The quantitative estimate of drug-likeness (QED) is 0.169. The van der Waals surface area contributed by atoms with Crippen LogP contribution in [-0.4, -0.2) is 24.1 Å². The topological polar surface area (TPSA) is 48.5 Å². The molecule has 0 aliphatic carbocycles. The first-order valence-corrected chi connectivity index (χ1v) is 19.6. The van der Waals surface area contributed by atoms with Crippen LogP contribution in [0.25, 0.3) is 100 Å². The van der Waals surface area contributed by atoms with Gasteiger partial charge in [0.2, 0.25) is 0 Å². The van der Waals surface area contributed by atoms with E-state index in [0.29, 0.717) is 39.3 Å². The molecule has 0 atom stereocenters. The molecule has 3 aromatic heterocycles. The molecule has 3 heterocycles. The molecular formula is C52H32F3N5. The molecule has 0 saturated carbocycles. The first kappa shape index (κ1) is 35.3. The molecule has 8 heteroatoms. The predicted molar refractivity (Wildman–Crippen MR) is 235 cm³/mol. The molecule has 0 N–H and O–H groups in total. The Labute approximate surface area is 342 Å². The Kier molecular flexibility index (Phi) is 8.20. The lowest BCUT2D eigenvalue weighted by molar-refractivity contribution is -0.137. The Balaban J connectivity index is 1.19. The van der Waals surface area contributed by atoms with Crippen molar-refractivity contribution in [1.82, 2.24) is 24.1 Å². The SMILES string of the molecule is FC(F)(F)c1ccc2c(c1)c1ccccc1n2-c1ccc(-c2ccc3c(c2)c2ccccc2n3-c2ccccc2)cc1-c1nc(-c2ccccc2)nc(-c2ccccc2)n1. The van der Waals surface area contributed by atoms with Gasteiger partial charge in [-0.05, 0) is 77.9 Å². The number of alkyl halides is 3. The van der Waals surface area contributed by atoms with Gasteiger partial charge in [-0.3, -0.25) is 0 Å². The van der Waals surface area contributed by atoms with Crippen molar-refractivity contribution in [3.05, 3.63) is 200 Å². The molecule has 0 unspecified atom stereocenters. The second kappa shape index (κ2) is 13.9. The number of benzene rings is 8. The molecule has 0 amide bonds. The molecule has 11 rings (SSSR count). The molecule has 0 aliphatic rings. The van der Waals surface area contributed by atoms with Crippen molar-refractivity contribution in [2.24, 2.45) is 0 Å². The lowest BCUT2D eigenvalue weighted by Gasteiger charge is -2.16. The van der Waals surface area contributed by atoms with E-state index < -0.39 is 11.7 Å². The third-order valence-electron chi connectivity index (χ3n) is 11.2. The smallest absolute Gasteiger partial charge is 0.309 e. The number of para-hydroxylation sites is 3. The molecule has 0 bridgehead atoms. The van der Waals surface area contributed by atoms with Crippen molar-refractivity contribution in [1.29, 1.82) is 0 Å². The molecule has 0 aliphatic heterocycles. The fourth-order valence-electron chi connectivity index (χ4n) is 8.44. The van der Waals surface area contributed by atoms with Gasteiger partial charge in [0.15, 0.2) is 17.5 Å². The van der Waals surface area contributed by atoms with Gasteiger partial charge < -0.3 is 9.13 Å². The van der Waals surface area contributed by atoms with Crippen molar-refractivity contribution in [2.45, 2.75) is 6.18 Å². The van der Waals surface area contributed by atoms with E-state index >= 15 is 0 Å². The van der Waals surface area contributed by atoms with E-state index in [2.05, 4.69) is 71.3 Å². The summed E-state index contributed by atoms with van der Waals surface area (Å²) in [6.07, 6.45) is -4.49. The minimum atomic E-state index is -4.49. The van der Waals surface area contributed by atoms with Crippen molar-refractivity contribution in [3.8, 4) is 56.7 Å². The molecule has 60 heavy (non-hydrogen) atoms. The van der Waals surface area contributed by atoms with Crippen LogP contribution in [0.2, 0.25) is 0 Å². The van der Waals surface area contributed by atoms with Gasteiger partial charge in [0, 0.05) is 43.9 Å². The number of rotatable bonds is 6. The molecule has 0 saturated heterocycles. The van der Waals surface area contributed by atoms with E-state index in [9.17, 15) is 13.2 Å². The zero-order valence-corrected chi connectivity index (χ0v) is 31.8. The lowest BCUT2D eigenvalue weighted by atomic mass is 9.99. The van der Waals surface area contributed by atoms with Crippen LogP contribution in [-0.2, 0) is 6.18 Å². The highest BCUT2D eigenvalue weighted by Gasteiger charge is 2.31. The fourth-order valence-corrected chi connectivity index (χ4v) is 8.44. The van der Waals surface area contributed by atoms with Crippen LogP contribution < -0.4 is 0 Å². The first-order chi connectivity index (χ1) is 29.4. The second-order valence-corrected chi connectivity index (χ2v) is 14.8. The van der Waals surface area contributed by atoms with Gasteiger partial charge in [-0.2, -0.15) is 13.2 Å². The molecule has 0 spiro atoms. The minimum absolute atomic E-state index is 0.430. The third kappa shape index (κ3) is 5.91. The van der Waals surface area contributed by atoms with Gasteiger partial charge in [0.25, 0.3) is 0 Å². The van der Waals surface area contributed by atoms with Crippen LogP contribution in [0.1, 0.15) is 5.56 Å². The van der Waals surface area contributed by atoms with E-state index in [-0.39, 0.29) is 0 Å². The van der Waals surface area contributed by atoms with E-state index in [1.165, 1.54) is 6.07 Å². The van der Waals surface area contributed by atoms with Crippen molar-refractivity contribution in [2.75, 3.05) is 0 Å². The number of nitrogens with zero attached hydrogens (tertiary/aromatic N) is 5. The number of aromatic nitrogens is 5. The van der Waals surface area contributed by atoms with Gasteiger partial charge in [-0.15, -0.1) is 0 Å². The van der Waals surface area contributed by atoms with E-state index in [1.54, 1.807) is 6.07 Å². The van der Waals surface area contributed by atoms with E-state index in [0.717, 1.165) is 67.0 Å². The maximum absolute atomic E-state index is 14.1. The average Bonchev–Trinajstić information content (AvgIpc) is 3.81. The van der Waals surface area contributed by atoms with Crippen LogP contribution in [0, 0.1) is 0 Å². The molecule has 5 nitrogen and oxygen atoms in total. The summed E-state index contributed by atoms with van der Waals surface area (Å²) in [6, 6.07) is 62.6. The van der Waals surface area contributed by atoms with Gasteiger partial charge in [-0.25, -0.2) is 15.0 Å². The van der Waals surface area contributed by atoms with Gasteiger partial charge in [0.1, 0.15) is 0 Å². The minimum Gasteiger partial charge on any atom is -0.309 e. The van der Waals surface area contributed by atoms with Gasteiger partial charge in [-0.1, -0.05) is 127 Å². The summed E-state index contributed by atoms with van der Waals surface area (Å²) in [7, 11) is 0. The summed E-state index contributed by atoms with van der Waals surface area (Å²) in [4.78, 5) is 15.3. The molecule has 0 fully saturated rings. The highest BCUT2D eigenvalue weighted by molar-refractivity contribution is 6.11. The molecule has 286 valence electrons. The number of fused-ring (bicyclic) bond motifs is 6. The van der Waals surface area contributed by atoms with Crippen LogP contribution >= 0.6 is 0 Å². The Bertz CT molecular complexity index is 3350. The van der Waals surface area contributed by atoms with Gasteiger partial charge >= 0.3 is 6.18 Å². The second-order valence-electron chi connectivity index (χ2n) is 14.8. The van der Waals surface area contributed by atoms with Crippen LogP contribution in [0.5, 0.6) is 0 Å². The Hall–Kier alpha value is -7.84. The number of hydrogen-bond acceptors (Lipinski definition) is 3. The Morgan fingerprint density at radius 3 is 1.45 bits per heavy atom. The first-order valence-electron chi connectivity index (χ1n) is 19.6. The maximum Gasteiger partial charge on any atom is 0.416 e. The number of halogens is 3. The third-order valence-corrected chi connectivity index (χ3v) is 11.2. The average molecular weight is 784 g/mol. The summed E-state index contributed by atoms with van der Waals surface area (Å²) in [6.45, 7) is 0. The van der Waals surface area contributed by atoms with Crippen LogP contribution in [0.4, 0.5) is 13.2 Å². The highest BCUT2D eigenvalue weighted by atomic mass is 19.4. The monoisotopic (exact) mass is 783 g/mol. The summed E-state index contributed by atoms with van der Waals surface area (Å²) >= 11 is 0. The summed E-state index contributed by atoms with van der Waals surface area (Å²) in [5, 5.41) is 3.45. The maximum atomic E-state index is 14.1. The standard InChI is InChI=1S/C52H32F3N5/c53-52(54,55)37-26-29-47-42(32-37)40-21-11-13-23-45(40)60(47)48-28-25-36(35-24-27-46-41(30-35)39-20-10-12-22-44(39)59(46)38-18-8-3-9-19-38)31-43(48)51-57-49(33-14-4-1-5-15-33)56-50(58-51)34-16-6-2-7-17-34/h1-32H. The zero-order valence-electron chi connectivity index (χ0n) is 31.8. The van der Waals surface area contributed by atoms with Crippen molar-refractivity contribution in [3.63, 3.8) is 0 Å².